The lowest BCUT2D eigenvalue weighted by Crippen LogP contribution is -2.31. The molecule has 0 aromatic heterocycles. The van der Waals surface area contributed by atoms with Crippen LogP contribution in [0.2, 0.25) is 0 Å². The summed E-state index contributed by atoms with van der Waals surface area (Å²) < 4.78 is 5.39. The Morgan fingerprint density at radius 1 is 1.04 bits per heavy atom. The van der Waals surface area contributed by atoms with E-state index in [0.29, 0.717) is 17.7 Å². The Morgan fingerprint density at radius 2 is 1.68 bits per heavy atom. The third kappa shape index (κ3) is 4.03. The van der Waals surface area contributed by atoms with E-state index in [1.54, 1.807) is 36.4 Å². The van der Waals surface area contributed by atoms with Gasteiger partial charge < -0.3 is 10.1 Å². The van der Waals surface area contributed by atoms with E-state index in [2.05, 4.69) is 10.6 Å². The summed E-state index contributed by atoms with van der Waals surface area (Å²) in [6, 6.07) is 11.4. The quantitative estimate of drug-likeness (QED) is 0.509. The molecule has 0 saturated carbocycles. The predicted octanol–water partition coefficient (Wildman–Crippen LogP) is 2.27. The monoisotopic (exact) mass is 338 g/mol. The molecular formula is C19H18N2O4. The number of esters is 1. The highest BCUT2D eigenvalue weighted by Gasteiger charge is 2.29. The average Bonchev–Trinajstić information content (AvgIpc) is 2.86. The van der Waals surface area contributed by atoms with E-state index in [-0.39, 0.29) is 5.91 Å². The van der Waals surface area contributed by atoms with Crippen molar-refractivity contribution in [2.75, 3.05) is 0 Å². The molecule has 2 N–H and O–H groups in total. The van der Waals surface area contributed by atoms with Crippen molar-refractivity contribution in [1.82, 2.24) is 10.6 Å². The molecule has 0 bridgehead atoms. The maximum atomic E-state index is 12.2. The van der Waals surface area contributed by atoms with Crippen LogP contribution in [0.1, 0.15) is 27.0 Å². The minimum Gasteiger partial charge on any atom is -0.423 e. The van der Waals surface area contributed by atoms with E-state index in [1.165, 1.54) is 0 Å². The number of imide groups is 1. The summed E-state index contributed by atoms with van der Waals surface area (Å²) in [6.07, 6.45) is 0.378. The Bertz CT molecular complexity index is 823. The first-order chi connectivity index (χ1) is 11.9. The van der Waals surface area contributed by atoms with Gasteiger partial charge in [-0.2, -0.15) is 0 Å². The third-order valence-electron chi connectivity index (χ3n) is 3.89. The maximum Gasteiger partial charge on any atom is 0.343 e. The molecule has 6 nitrogen and oxygen atoms in total. The number of hydrogen-bond acceptors (Lipinski definition) is 4. The van der Waals surface area contributed by atoms with Crippen molar-refractivity contribution in [1.29, 1.82) is 0 Å². The van der Waals surface area contributed by atoms with Crippen molar-refractivity contribution in [3.8, 4) is 5.75 Å². The Kier molecular flexibility index (Phi) is 4.52. The molecule has 1 aliphatic heterocycles. The molecule has 1 atom stereocenters. The highest BCUT2D eigenvalue weighted by molar-refractivity contribution is 6.04. The molecule has 1 saturated heterocycles. The summed E-state index contributed by atoms with van der Waals surface area (Å²) in [7, 11) is 0. The van der Waals surface area contributed by atoms with Gasteiger partial charge in [-0.25, -0.2) is 9.59 Å². The fraction of sp³-hybridized carbons (Fsp3) is 0.211. The molecule has 0 aliphatic carbocycles. The molecule has 0 spiro atoms. The van der Waals surface area contributed by atoms with Crippen molar-refractivity contribution < 1.29 is 19.1 Å². The van der Waals surface area contributed by atoms with E-state index < -0.39 is 18.0 Å². The number of benzene rings is 2. The first-order valence-corrected chi connectivity index (χ1v) is 7.91. The van der Waals surface area contributed by atoms with Gasteiger partial charge in [0.1, 0.15) is 11.8 Å². The largest absolute Gasteiger partial charge is 0.423 e. The van der Waals surface area contributed by atoms with Crippen molar-refractivity contribution in [3.05, 3.63) is 64.7 Å². The van der Waals surface area contributed by atoms with Crippen LogP contribution in [0.3, 0.4) is 0 Å². The van der Waals surface area contributed by atoms with Gasteiger partial charge in [-0.1, -0.05) is 29.3 Å². The lowest BCUT2D eigenvalue weighted by atomic mass is 10.1. The van der Waals surface area contributed by atoms with Crippen LogP contribution in [0.5, 0.6) is 5.75 Å². The molecule has 25 heavy (non-hydrogen) atoms. The molecule has 2 aromatic rings. The molecule has 3 rings (SSSR count). The molecule has 6 heteroatoms. The number of amides is 3. The molecule has 1 heterocycles. The van der Waals surface area contributed by atoms with E-state index in [1.807, 2.05) is 19.9 Å². The fourth-order valence-electron chi connectivity index (χ4n) is 2.79. The second-order valence-electron chi connectivity index (χ2n) is 6.13. The Balaban J connectivity index is 1.65. The van der Waals surface area contributed by atoms with Crippen LogP contribution in [-0.2, 0) is 11.2 Å². The Hall–Kier alpha value is -3.15. The zero-order chi connectivity index (χ0) is 18.0. The van der Waals surface area contributed by atoms with Gasteiger partial charge in [0.05, 0.1) is 5.56 Å². The molecule has 1 aliphatic rings. The number of hydrogen-bond donors (Lipinski definition) is 2. The van der Waals surface area contributed by atoms with Gasteiger partial charge in [0.25, 0.3) is 5.91 Å². The van der Waals surface area contributed by atoms with Gasteiger partial charge in [0.2, 0.25) is 0 Å². The first kappa shape index (κ1) is 16.7. The minimum absolute atomic E-state index is 0.338. The summed E-state index contributed by atoms with van der Waals surface area (Å²) in [5, 5.41) is 4.74. The number of carbonyl (C=O) groups is 3. The van der Waals surface area contributed by atoms with Crippen molar-refractivity contribution >= 4 is 17.9 Å². The van der Waals surface area contributed by atoms with E-state index >= 15 is 0 Å². The summed E-state index contributed by atoms with van der Waals surface area (Å²) in [5.74, 6) is -0.329. The summed E-state index contributed by atoms with van der Waals surface area (Å²) in [6.45, 7) is 3.85. The van der Waals surface area contributed by atoms with Gasteiger partial charge in [-0.05, 0) is 43.7 Å². The summed E-state index contributed by atoms with van der Waals surface area (Å²) in [5.41, 5.74) is 3.36. The van der Waals surface area contributed by atoms with Gasteiger partial charge in [0, 0.05) is 6.42 Å². The maximum absolute atomic E-state index is 12.2. The molecule has 0 radical (unpaired) electrons. The number of nitrogens with one attached hydrogen (secondary N) is 2. The number of ether oxygens (including phenoxy) is 1. The molecule has 2 aromatic carbocycles. The normalized spacial score (nSPS) is 16.3. The number of carbonyl (C=O) groups excluding carboxylic acids is 3. The van der Waals surface area contributed by atoms with Crippen molar-refractivity contribution in [3.63, 3.8) is 0 Å². The average molecular weight is 338 g/mol. The number of rotatable bonds is 4. The van der Waals surface area contributed by atoms with Crippen LogP contribution in [0.15, 0.2) is 42.5 Å². The van der Waals surface area contributed by atoms with Crippen LogP contribution < -0.4 is 15.4 Å². The lowest BCUT2D eigenvalue weighted by molar-refractivity contribution is -0.120. The predicted molar refractivity (Wildman–Crippen MR) is 91.5 cm³/mol. The topological polar surface area (TPSA) is 84.5 Å². The van der Waals surface area contributed by atoms with Crippen LogP contribution in [0.25, 0.3) is 0 Å². The van der Waals surface area contributed by atoms with Crippen molar-refractivity contribution in [2.24, 2.45) is 0 Å². The van der Waals surface area contributed by atoms with Gasteiger partial charge in [-0.3, -0.25) is 10.1 Å². The lowest BCUT2D eigenvalue weighted by Gasteiger charge is -2.09. The third-order valence-corrected chi connectivity index (χ3v) is 3.89. The van der Waals surface area contributed by atoms with E-state index in [0.717, 1.165) is 16.7 Å². The van der Waals surface area contributed by atoms with Gasteiger partial charge in [-0.15, -0.1) is 0 Å². The standard InChI is InChI=1S/C19H18N2O4/c1-11-7-12(2)9-14(8-11)18(23)25-15-5-3-13(4-6-15)10-16-17(22)21-19(24)20-16/h3-9,16H,10H2,1-2H3,(H2,20,21,22,24). The van der Waals surface area contributed by atoms with Crippen LogP contribution >= 0.6 is 0 Å². The zero-order valence-corrected chi connectivity index (χ0v) is 14.0. The van der Waals surface area contributed by atoms with E-state index in [4.69, 9.17) is 4.74 Å². The highest BCUT2D eigenvalue weighted by Crippen LogP contribution is 2.17. The molecule has 1 fully saturated rings. The molecule has 128 valence electrons. The van der Waals surface area contributed by atoms with Crippen LogP contribution in [0.4, 0.5) is 4.79 Å². The molecular weight excluding hydrogens is 320 g/mol. The SMILES string of the molecule is Cc1cc(C)cc(C(=O)Oc2ccc(CC3NC(=O)NC3=O)cc2)c1. The Morgan fingerprint density at radius 3 is 2.24 bits per heavy atom. The smallest absolute Gasteiger partial charge is 0.343 e. The zero-order valence-electron chi connectivity index (χ0n) is 14.0. The molecule has 1 unspecified atom stereocenters. The van der Waals surface area contributed by atoms with Crippen LogP contribution in [-0.4, -0.2) is 23.9 Å². The van der Waals surface area contributed by atoms with Gasteiger partial charge >= 0.3 is 12.0 Å². The second kappa shape index (κ2) is 6.76. The number of urea groups is 1. The minimum atomic E-state index is -0.573. The second-order valence-corrected chi connectivity index (χ2v) is 6.13. The Labute approximate surface area is 145 Å². The fourth-order valence-corrected chi connectivity index (χ4v) is 2.79. The van der Waals surface area contributed by atoms with Gasteiger partial charge in [0.15, 0.2) is 0 Å². The number of aryl methyl sites for hydroxylation is 2. The molecule has 3 amide bonds. The summed E-state index contributed by atoms with van der Waals surface area (Å²) >= 11 is 0. The summed E-state index contributed by atoms with van der Waals surface area (Å²) in [4.78, 5) is 34.9. The van der Waals surface area contributed by atoms with E-state index in [9.17, 15) is 14.4 Å². The first-order valence-electron chi connectivity index (χ1n) is 7.91. The van der Waals surface area contributed by atoms with Crippen molar-refractivity contribution in [2.45, 2.75) is 26.3 Å². The highest BCUT2D eigenvalue weighted by atomic mass is 16.5. The van der Waals surface area contributed by atoms with Crippen LogP contribution in [0, 0.1) is 13.8 Å².